The smallest absolute Gasteiger partial charge is 0.389 e. The highest BCUT2D eigenvalue weighted by Gasteiger charge is 2.61. The number of rotatable bonds is 9. The zero-order valence-electron chi connectivity index (χ0n) is 23.0. The third-order valence-corrected chi connectivity index (χ3v) is 8.82. The molecule has 4 aromatic rings. The number of nitrogens with one attached hydrogen (secondary N) is 1. The molecule has 4 aromatic heterocycles. The number of pyridine rings is 1. The Morgan fingerprint density at radius 3 is 2.67 bits per heavy atom. The molecular formula is C27H26F4N8O3S. The molecule has 4 N–H and O–H groups in total. The van der Waals surface area contributed by atoms with Crippen LogP contribution >= 0.6 is 11.3 Å². The quantitative estimate of drug-likeness (QED) is 0.226. The van der Waals surface area contributed by atoms with Gasteiger partial charge in [-0.25, -0.2) is 29.0 Å². The molecule has 5 heterocycles. The fourth-order valence-corrected chi connectivity index (χ4v) is 6.65. The molecular weight excluding hydrogens is 592 g/mol. The molecule has 1 aliphatic heterocycles. The van der Waals surface area contributed by atoms with Crippen LogP contribution in [0.4, 0.5) is 29.2 Å². The van der Waals surface area contributed by atoms with Gasteiger partial charge in [0, 0.05) is 24.8 Å². The van der Waals surface area contributed by atoms with Gasteiger partial charge in [-0.1, -0.05) is 0 Å². The SMILES string of the molecule is CC(C)(Cc1csc([C@]2(C3CC3)C(=O)Nc3nc(-c4nn(CCCC(F)(F)F)c5ncc(F)cc45)nc(N)c32)n1)C(=O)O. The van der Waals surface area contributed by atoms with Gasteiger partial charge in [0.1, 0.15) is 33.6 Å². The van der Waals surface area contributed by atoms with Crippen LogP contribution in [0.5, 0.6) is 0 Å². The zero-order chi connectivity index (χ0) is 30.9. The van der Waals surface area contributed by atoms with Crippen molar-refractivity contribution in [2.24, 2.45) is 11.3 Å². The summed E-state index contributed by atoms with van der Waals surface area (Å²) in [5, 5.41) is 19.1. The predicted octanol–water partition coefficient (Wildman–Crippen LogP) is 4.71. The van der Waals surface area contributed by atoms with Crippen molar-refractivity contribution in [3.63, 3.8) is 0 Å². The first-order chi connectivity index (χ1) is 20.2. The minimum absolute atomic E-state index is 0.0306. The van der Waals surface area contributed by atoms with Gasteiger partial charge in [0.05, 0.1) is 28.3 Å². The number of halogens is 4. The van der Waals surface area contributed by atoms with Gasteiger partial charge in [-0.15, -0.1) is 11.3 Å². The average molecular weight is 619 g/mol. The summed E-state index contributed by atoms with van der Waals surface area (Å²) in [5.41, 5.74) is 5.24. The highest BCUT2D eigenvalue weighted by atomic mass is 32.1. The maximum absolute atomic E-state index is 14.2. The Bertz CT molecular complexity index is 1780. The zero-order valence-corrected chi connectivity index (χ0v) is 23.8. The van der Waals surface area contributed by atoms with E-state index in [-0.39, 0.29) is 59.5 Å². The number of carbonyl (C=O) groups is 2. The van der Waals surface area contributed by atoms with Gasteiger partial charge < -0.3 is 16.2 Å². The minimum atomic E-state index is -4.35. The number of nitrogens with two attached hydrogens (primary N) is 1. The Kier molecular flexibility index (Phi) is 6.67. The topological polar surface area (TPSA) is 162 Å². The number of carbonyl (C=O) groups excluding carboxylic acids is 1. The molecule has 43 heavy (non-hydrogen) atoms. The van der Waals surface area contributed by atoms with Crippen LogP contribution in [0.3, 0.4) is 0 Å². The molecule has 0 radical (unpaired) electrons. The molecule has 0 aromatic carbocycles. The number of hydrogen-bond donors (Lipinski definition) is 3. The largest absolute Gasteiger partial charge is 0.481 e. The third kappa shape index (κ3) is 4.96. The van der Waals surface area contributed by atoms with E-state index in [0.29, 0.717) is 16.3 Å². The molecule has 2 aliphatic rings. The summed E-state index contributed by atoms with van der Waals surface area (Å²) in [4.78, 5) is 43.2. The Morgan fingerprint density at radius 2 is 2.00 bits per heavy atom. The molecule has 1 atom stereocenters. The lowest BCUT2D eigenvalue weighted by molar-refractivity contribution is -0.146. The van der Waals surface area contributed by atoms with E-state index in [4.69, 9.17) is 10.7 Å². The second-order valence-corrected chi connectivity index (χ2v) is 12.4. The van der Waals surface area contributed by atoms with Gasteiger partial charge in [0.2, 0.25) is 5.91 Å². The van der Waals surface area contributed by atoms with Gasteiger partial charge in [0.25, 0.3) is 0 Å². The lowest BCUT2D eigenvalue weighted by Crippen LogP contribution is -2.38. The van der Waals surface area contributed by atoms with E-state index in [1.807, 2.05) is 0 Å². The number of carboxylic acids is 1. The first kappa shape index (κ1) is 28.9. The number of alkyl halides is 3. The number of thiazole rings is 1. The van der Waals surface area contributed by atoms with Gasteiger partial charge in [-0.2, -0.15) is 18.3 Å². The van der Waals surface area contributed by atoms with Crippen molar-refractivity contribution in [2.75, 3.05) is 11.1 Å². The summed E-state index contributed by atoms with van der Waals surface area (Å²) in [7, 11) is 0. The van der Waals surface area contributed by atoms with Crippen LogP contribution in [0.25, 0.3) is 22.6 Å². The number of aryl methyl sites for hydroxylation is 1. The fraction of sp³-hybridized carbons (Fsp3) is 0.444. The van der Waals surface area contributed by atoms with Crippen molar-refractivity contribution in [1.29, 1.82) is 0 Å². The van der Waals surface area contributed by atoms with Crippen LogP contribution in [0.2, 0.25) is 0 Å². The Hall–Kier alpha value is -4.21. The third-order valence-electron chi connectivity index (χ3n) is 7.80. The number of nitrogen functional groups attached to an aromatic ring is 1. The summed E-state index contributed by atoms with van der Waals surface area (Å²) < 4.78 is 53.7. The minimum Gasteiger partial charge on any atom is -0.481 e. The first-order valence-electron chi connectivity index (χ1n) is 13.5. The molecule has 226 valence electrons. The lowest BCUT2D eigenvalue weighted by Gasteiger charge is -2.25. The highest BCUT2D eigenvalue weighted by Crippen LogP contribution is 2.58. The van der Waals surface area contributed by atoms with Gasteiger partial charge in [0.15, 0.2) is 11.5 Å². The number of anilines is 2. The summed E-state index contributed by atoms with van der Waals surface area (Å²) in [6.07, 6.45) is -3.11. The average Bonchev–Trinajstić information content (AvgIpc) is 3.44. The summed E-state index contributed by atoms with van der Waals surface area (Å²) >= 11 is 1.24. The van der Waals surface area contributed by atoms with Crippen LogP contribution in [0.15, 0.2) is 17.6 Å². The molecule has 0 bridgehead atoms. The molecule has 1 amide bonds. The molecule has 0 spiro atoms. The maximum Gasteiger partial charge on any atom is 0.389 e. The Balaban J connectivity index is 1.42. The van der Waals surface area contributed by atoms with E-state index in [9.17, 15) is 32.3 Å². The van der Waals surface area contributed by atoms with E-state index >= 15 is 0 Å². The number of hydrogen-bond acceptors (Lipinski definition) is 9. The van der Waals surface area contributed by atoms with Crippen molar-refractivity contribution in [2.45, 2.75) is 64.1 Å². The summed E-state index contributed by atoms with van der Waals surface area (Å²) in [5.74, 6) is -2.15. The number of carboxylic acid groups (broad SMARTS) is 1. The van der Waals surface area contributed by atoms with Gasteiger partial charge in [-0.3, -0.25) is 9.59 Å². The monoisotopic (exact) mass is 618 g/mol. The normalized spacial score (nSPS) is 18.7. The fourth-order valence-electron chi connectivity index (χ4n) is 5.55. The highest BCUT2D eigenvalue weighted by molar-refractivity contribution is 7.10. The maximum atomic E-state index is 14.2. The van der Waals surface area contributed by atoms with Crippen molar-refractivity contribution >= 4 is 45.9 Å². The van der Waals surface area contributed by atoms with Gasteiger partial charge >= 0.3 is 12.1 Å². The van der Waals surface area contributed by atoms with Crippen LogP contribution in [0.1, 0.15) is 55.8 Å². The van der Waals surface area contributed by atoms with Gasteiger partial charge in [-0.05, 0) is 45.1 Å². The Morgan fingerprint density at radius 1 is 1.26 bits per heavy atom. The molecule has 1 aliphatic carbocycles. The first-order valence-corrected chi connectivity index (χ1v) is 14.4. The number of aromatic nitrogens is 6. The van der Waals surface area contributed by atoms with Crippen LogP contribution in [-0.2, 0) is 28.0 Å². The van der Waals surface area contributed by atoms with Crippen molar-refractivity contribution in [1.82, 2.24) is 29.7 Å². The van der Waals surface area contributed by atoms with E-state index < -0.39 is 41.1 Å². The van der Waals surface area contributed by atoms with Crippen LogP contribution in [-0.4, -0.2) is 52.9 Å². The number of amides is 1. The number of aliphatic carboxylic acids is 1. The van der Waals surface area contributed by atoms with E-state index in [1.54, 1.807) is 19.2 Å². The van der Waals surface area contributed by atoms with E-state index in [2.05, 4.69) is 25.4 Å². The summed E-state index contributed by atoms with van der Waals surface area (Å²) in [6.45, 7) is 3.05. The number of nitrogens with zero attached hydrogens (tertiary/aromatic N) is 6. The Labute approximate surface area is 245 Å². The molecule has 0 saturated heterocycles. The predicted molar refractivity (Wildman–Crippen MR) is 148 cm³/mol. The van der Waals surface area contributed by atoms with Crippen molar-refractivity contribution in [3.05, 3.63) is 39.7 Å². The standard InChI is InChI=1S/C27H26F4N8O3S/c1-25(2,24(41)42)9-14-11-43-23(34-14)27(12-4-5-12)16-18(32)35-20(36-19(16)37-22(27)40)17-15-8-13(28)10-33-21(15)39(38-17)7-3-6-26(29,30)31/h8,10-12H,3-7,9H2,1-2H3,(H,41,42)(H3,32,35,36,37,40)/t27-/m0/s1. The van der Waals surface area contributed by atoms with Crippen molar-refractivity contribution < 1.29 is 32.3 Å². The second kappa shape index (κ2) is 9.92. The molecule has 16 heteroatoms. The van der Waals surface area contributed by atoms with Crippen molar-refractivity contribution in [3.8, 4) is 11.5 Å². The van der Waals surface area contributed by atoms with E-state index in [0.717, 1.165) is 25.1 Å². The van der Waals surface area contributed by atoms with Crippen LogP contribution < -0.4 is 11.1 Å². The molecule has 11 nitrogen and oxygen atoms in total. The molecule has 0 unspecified atom stereocenters. The lowest BCUT2D eigenvalue weighted by atomic mass is 9.78. The van der Waals surface area contributed by atoms with Crippen LogP contribution in [0, 0.1) is 17.2 Å². The summed E-state index contributed by atoms with van der Waals surface area (Å²) in [6, 6.07) is 1.14. The molecule has 1 fully saturated rings. The molecule has 1 saturated carbocycles. The van der Waals surface area contributed by atoms with E-state index in [1.165, 1.54) is 16.0 Å². The number of fused-ring (bicyclic) bond motifs is 2. The molecule has 6 rings (SSSR count). The second-order valence-electron chi connectivity index (χ2n) is 11.5.